The van der Waals surface area contributed by atoms with Crippen LogP contribution in [0.1, 0.15) is 39.0 Å². The summed E-state index contributed by atoms with van der Waals surface area (Å²) in [6, 6.07) is 1.13. The van der Waals surface area contributed by atoms with Gasteiger partial charge in [-0.25, -0.2) is 8.42 Å². The average Bonchev–Trinajstić information content (AvgIpc) is 2.47. The van der Waals surface area contributed by atoms with E-state index in [4.69, 9.17) is 0 Å². The van der Waals surface area contributed by atoms with E-state index < -0.39 is 10.0 Å². The highest BCUT2D eigenvalue weighted by Crippen LogP contribution is 2.31. The van der Waals surface area contributed by atoms with Gasteiger partial charge in [0.1, 0.15) is 0 Å². The summed E-state index contributed by atoms with van der Waals surface area (Å²) in [6.07, 6.45) is 7.76. The lowest BCUT2D eigenvalue weighted by Gasteiger charge is -2.45. The van der Waals surface area contributed by atoms with Crippen LogP contribution in [-0.2, 0) is 10.0 Å². The van der Waals surface area contributed by atoms with E-state index in [1.165, 1.54) is 38.4 Å². The van der Waals surface area contributed by atoms with Crippen molar-refractivity contribution in [2.75, 3.05) is 39.5 Å². The summed E-state index contributed by atoms with van der Waals surface area (Å²) < 4.78 is 24.9. The summed E-state index contributed by atoms with van der Waals surface area (Å²) in [5.74, 6) is 0.845. The number of nitrogens with zero attached hydrogens (tertiary/aromatic N) is 2. The Bertz CT molecular complexity index is 419. The van der Waals surface area contributed by atoms with Gasteiger partial charge < -0.3 is 5.32 Å². The zero-order chi connectivity index (χ0) is 15.5. The SMILES string of the molecule is CCCC1CCC(NC)C(N2CCN(S(C)(=O)=O)CC2)C1. The van der Waals surface area contributed by atoms with E-state index in [1.54, 1.807) is 4.31 Å². The van der Waals surface area contributed by atoms with Gasteiger partial charge in [-0.05, 0) is 32.2 Å². The third kappa shape index (κ3) is 4.41. The monoisotopic (exact) mass is 317 g/mol. The Labute approximate surface area is 130 Å². The smallest absolute Gasteiger partial charge is 0.211 e. The summed E-state index contributed by atoms with van der Waals surface area (Å²) in [7, 11) is -0.967. The van der Waals surface area contributed by atoms with Gasteiger partial charge in [-0.3, -0.25) is 4.90 Å². The van der Waals surface area contributed by atoms with Gasteiger partial charge in [0.15, 0.2) is 0 Å². The molecular weight excluding hydrogens is 286 g/mol. The molecular formula is C15H31N3O2S. The lowest BCUT2D eigenvalue weighted by atomic mass is 9.79. The maximum Gasteiger partial charge on any atom is 0.211 e. The minimum atomic E-state index is -3.03. The van der Waals surface area contributed by atoms with E-state index in [9.17, 15) is 8.42 Å². The maximum atomic E-state index is 11.6. The van der Waals surface area contributed by atoms with Gasteiger partial charge in [0.25, 0.3) is 0 Å². The van der Waals surface area contributed by atoms with Crippen molar-refractivity contribution in [3.8, 4) is 0 Å². The summed E-state index contributed by atoms with van der Waals surface area (Å²) >= 11 is 0. The third-order valence-electron chi connectivity index (χ3n) is 5.20. The molecule has 0 aromatic heterocycles. The second-order valence-corrected chi connectivity index (χ2v) is 8.61. The first kappa shape index (κ1) is 17.2. The molecule has 0 amide bonds. The van der Waals surface area contributed by atoms with Crippen LogP contribution in [0.25, 0.3) is 0 Å². The van der Waals surface area contributed by atoms with Crippen LogP contribution in [-0.4, -0.2) is 69.2 Å². The van der Waals surface area contributed by atoms with Crippen molar-refractivity contribution in [1.29, 1.82) is 0 Å². The molecule has 0 spiro atoms. The number of sulfonamides is 1. The normalized spacial score (nSPS) is 33.2. The molecule has 124 valence electrons. The lowest BCUT2D eigenvalue weighted by molar-refractivity contribution is 0.0691. The van der Waals surface area contributed by atoms with Crippen LogP contribution in [0.3, 0.4) is 0 Å². The fourth-order valence-corrected chi connectivity index (χ4v) is 4.84. The Balaban J connectivity index is 1.95. The molecule has 1 aliphatic carbocycles. The predicted molar refractivity (Wildman–Crippen MR) is 86.9 cm³/mol. The summed E-state index contributed by atoms with van der Waals surface area (Å²) in [5, 5.41) is 3.48. The van der Waals surface area contributed by atoms with E-state index in [1.807, 2.05) is 0 Å². The molecule has 3 unspecified atom stereocenters. The van der Waals surface area contributed by atoms with Gasteiger partial charge in [0, 0.05) is 38.3 Å². The largest absolute Gasteiger partial charge is 0.315 e. The van der Waals surface area contributed by atoms with Gasteiger partial charge in [-0.15, -0.1) is 0 Å². The fourth-order valence-electron chi connectivity index (χ4n) is 4.01. The molecule has 1 N–H and O–H groups in total. The van der Waals surface area contributed by atoms with Crippen molar-refractivity contribution < 1.29 is 8.42 Å². The quantitative estimate of drug-likeness (QED) is 0.826. The Morgan fingerprint density at radius 2 is 1.81 bits per heavy atom. The first-order chi connectivity index (χ1) is 9.95. The number of hydrogen-bond donors (Lipinski definition) is 1. The molecule has 1 heterocycles. The van der Waals surface area contributed by atoms with Gasteiger partial charge in [0.2, 0.25) is 10.0 Å². The highest BCUT2D eigenvalue weighted by atomic mass is 32.2. The van der Waals surface area contributed by atoms with Gasteiger partial charge in [-0.1, -0.05) is 19.8 Å². The second kappa shape index (κ2) is 7.40. The maximum absolute atomic E-state index is 11.6. The second-order valence-electron chi connectivity index (χ2n) is 6.63. The zero-order valence-corrected chi connectivity index (χ0v) is 14.5. The van der Waals surface area contributed by atoms with Crippen LogP contribution in [0.2, 0.25) is 0 Å². The van der Waals surface area contributed by atoms with Crippen LogP contribution in [0, 0.1) is 5.92 Å². The number of piperazine rings is 1. The Morgan fingerprint density at radius 3 is 2.33 bits per heavy atom. The molecule has 1 saturated heterocycles. The molecule has 2 fully saturated rings. The Kier molecular flexibility index (Phi) is 6.05. The van der Waals surface area contributed by atoms with Crippen LogP contribution in [0.4, 0.5) is 0 Å². The zero-order valence-electron chi connectivity index (χ0n) is 13.7. The van der Waals surface area contributed by atoms with Crippen LogP contribution in [0.15, 0.2) is 0 Å². The van der Waals surface area contributed by atoms with E-state index >= 15 is 0 Å². The molecule has 3 atom stereocenters. The van der Waals surface area contributed by atoms with Crippen molar-refractivity contribution in [2.24, 2.45) is 5.92 Å². The summed E-state index contributed by atoms with van der Waals surface area (Å²) in [5.41, 5.74) is 0. The molecule has 5 nitrogen and oxygen atoms in total. The molecule has 0 aromatic rings. The van der Waals surface area contributed by atoms with E-state index in [-0.39, 0.29) is 0 Å². The highest BCUT2D eigenvalue weighted by Gasteiger charge is 2.35. The van der Waals surface area contributed by atoms with Gasteiger partial charge in [-0.2, -0.15) is 4.31 Å². The minimum absolute atomic E-state index is 0.558. The van der Waals surface area contributed by atoms with E-state index in [2.05, 4.69) is 24.2 Å². The van der Waals surface area contributed by atoms with Crippen molar-refractivity contribution in [3.05, 3.63) is 0 Å². The third-order valence-corrected chi connectivity index (χ3v) is 6.51. The number of nitrogens with one attached hydrogen (secondary N) is 1. The first-order valence-electron chi connectivity index (χ1n) is 8.32. The van der Waals surface area contributed by atoms with Crippen LogP contribution in [0.5, 0.6) is 0 Å². The Hall–Kier alpha value is -0.170. The topological polar surface area (TPSA) is 52.6 Å². The Morgan fingerprint density at radius 1 is 1.14 bits per heavy atom. The molecule has 21 heavy (non-hydrogen) atoms. The first-order valence-corrected chi connectivity index (χ1v) is 10.2. The predicted octanol–water partition coefficient (Wildman–Crippen LogP) is 1.12. The number of likely N-dealkylation sites (N-methyl/N-ethyl adjacent to an activating group) is 1. The van der Waals surface area contributed by atoms with Crippen LogP contribution < -0.4 is 5.32 Å². The molecule has 1 aliphatic heterocycles. The van der Waals surface area contributed by atoms with Crippen molar-refractivity contribution in [3.63, 3.8) is 0 Å². The van der Waals surface area contributed by atoms with Crippen molar-refractivity contribution in [2.45, 2.75) is 51.1 Å². The van der Waals surface area contributed by atoms with Crippen molar-refractivity contribution in [1.82, 2.24) is 14.5 Å². The lowest BCUT2D eigenvalue weighted by Crippen LogP contribution is -2.58. The molecule has 6 heteroatoms. The van der Waals surface area contributed by atoms with E-state index in [0.717, 1.165) is 19.0 Å². The molecule has 0 aromatic carbocycles. The molecule has 0 radical (unpaired) electrons. The van der Waals surface area contributed by atoms with Crippen molar-refractivity contribution >= 4 is 10.0 Å². The average molecular weight is 317 g/mol. The van der Waals surface area contributed by atoms with Gasteiger partial charge in [0.05, 0.1) is 6.26 Å². The molecule has 0 bridgehead atoms. The van der Waals surface area contributed by atoms with Gasteiger partial charge >= 0.3 is 0 Å². The standard InChI is InChI=1S/C15H31N3O2S/c1-4-5-13-6-7-14(16-2)15(12-13)17-8-10-18(11-9-17)21(3,19)20/h13-16H,4-12H2,1-3H3. The summed E-state index contributed by atoms with van der Waals surface area (Å²) in [6.45, 7) is 5.29. The highest BCUT2D eigenvalue weighted by molar-refractivity contribution is 7.88. The summed E-state index contributed by atoms with van der Waals surface area (Å²) in [4.78, 5) is 2.52. The fraction of sp³-hybridized carbons (Fsp3) is 1.00. The molecule has 2 aliphatic rings. The number of hydrogen-bond acceptors (Lipinski definition) is 4. The molecule has 1 saturated carbocycles. The number of rotatable bonds is 5. The minimum Gasteiger partial charge on any atom is -0.315 e. The van der Waals surface area contributed by atoms with E-state index in [0.29, 0.717) is 25.2 Å². The van der Waals surface area contributed by atoms with Crippen LogP contribution >= 0.6 is 0 Å². The molecule has 2 rings (SSSR count).